The van der Waals surface area contributed by atoms with Crippen molar-refractivity contribution in [3.05, 3.63) is 59.7 Å². The van der Waals surface area contributed by atoms with Gasteiger partial charge >= 0.3 is 5.97 Å². The first-order chi connectivity index (χ1) is 10.7. The highest BCUT2D eigenvalue weighted by atomic mass is 16.6. The lowest BCUT2D eigenvalue weighted by molar-refractivity contribution is -0.145. The number of esters is 1. The second kappa shape index (κ2) is 7.98. The Bertz CT molecular complexity index is 630. The van der Waals surface area contributed by atoms with Gasteiger partial charge in [-0.1, -0.05) is 17.7 Å². The van der Waals surface area contributed by atoms with Crippen LogP contribution < -0.4 is 4.74 Å². The van der Waals surface area contributed by atoms with Crippen LogP contribution in [0.5, 0.6) is 5.75 Å². The van der Waals surface area contributed by atoms with Crippen molar-refractivity contribution in [2.75, 3.05) is 13.2 Å². The van der Waals surface area contributed by atoms with Crippen LogP contribution in [-0.2, 0) is 9.53 Å². The lowest BCUT2D eigenvalue weighted by atomic mass is 10.2. The van der Waals surface area contributed by atoms with Gasteiger partial charge < -0.3 is 9.47 Å². The summed E-state index contributed by atoms with van der Waals surface area (Å²) in [7, 11) is 0. The summed E-state index contributed by atoms with van der Waals surface area (Å²) in [6.45, 7) is 4.09. The van der Waals surface area contributed by atoms with Crippen LogP contribution in [-0.4, -0.2) is 25.4 Å². The first-order valence-corrected chi connectivity index (χ1v) is 7.16. The number of rotatable bonds is 6. The molecule has 0 radical (unpaired) electrons. The number of hydrogen-bond donors (Lipinski definition) is 0. The number of ether oxygens (including phenoxy) is 2. The quantitative estimate of drug-likeness (QED) is 0.603. The van der Waals surface area contributed by atoms with E-state index in [-0.39, 0.29) is 12.6 Å². The fourth-order valence-electron chi connectivity index (χ4n) is 1.77. The van der Waals surface area contributed by atoms with Crippen LogP contribution >= 0.6 is 0 Å². The van der Waals surface area contributed by atoms with E-state index in [4.69, 9.17) is 9.47 Å². The molecule has 0 spiro atoms. The van der Waals surface area contributed by atoms with Crippen molar-refractivity contribution in [2.24, 2.45) is 4.99 Å². The number of aryl methyl sites for hydroxylation is 1. The van der Waals surface area contributed by atoms with Gasteiger partial charge in [-0.2, -0.15) is 0 Å². The maximum absolute atomic E-state index is 11.2. The molecule has 4 heteroatoms. The summed E-state index contributed by atoms with van der Waals surface area (Å²) >= 11 is 0. The molecule has 4 nitrogen and oxygen atoms in total. The summed E-state index contributed by atoms with van der Waals surface area (Å²) in [5, 5.41) is 0. The van der Waals surface area contributed by atoms with Crippen molar-refractivity contribution in [3.63, 3.8) is 0 Å². The van der Waals surface area contributed by atoms with Gasteiger partial charge in [0.1, 0.15) is 5.75 Å². The minimum atomic E-state index is -0.368. The van der Waals surface area contributed by atoms with Gasteiger partial charge in [0.05, 0.1) is 12.3 Å². The van der Waals surface area contributed by atoms with Crippen LogP contribution in [0.25, 0.3) is 0 Å². The number of aliphatic imine (C=N–C) groups is 1. The monoisotopic (exact) mass is 297 g/mol. The first kappa shape index (κ1) is 15.8. The van der Waals surface area contributed by atoms with Gasteiger partial charge in [-0.3, -0.25) is 4.99 Å². The fourth-order valence-corrected chi connectivity index (χ4v) is 1.77. The van der Waals surface area contributed by atoms with E-state index in [0.717, 1.165) is 11.3 Å². The van der Waals surface area contributed by atoms with Gasteiger partial charge in [0.2, 0.25) is 0 Å². The molecule has 114 valence electrons. The second-order valence-corrected chi connectivity index (χ2v) is 4.76. The summed E-state index contributed by atoms with van der Waals surface area (Å²) in [4.78, 5) is 15.6. The molecule has 0 fully saturated rings. The molecule has 0 aliphatic carbocycles. The molecule has 0 heterocycles. The van der Waals surface area contributed by atoms with Gasteiger partial charge in [0.25, 0.3) is 0 Å². The third-order valence-corrected chi connectivity index (χ3v) is 2.94. The van der Waals surface area contributed by atoms with E-state index in [1.165, 1.54) is 5.56 Å². The van der Waals surface area contributed by atoms with Gasteiger partial charge in [-0.15, -0.1) is 0 Å². The zero-order valence-corrected chi connectivity index (χ0v) is 12.8. The van der Waals surface area contributed by atoms with Crippen molar-refractivity contribution in [2.45, 2.75) is 13.8 Å². The van der Waals surface area contributed by atoms with E-state index in [9.17, 15) is 4.79 Å². The van der Waals surface area contributed by atoms with Crippen molar-refractivity contribution < 1.29 is 14.3 Å². The molecule has 0 amide bonds. The Morgan fingerprint density at radius 2 is 1.77 bits per heavy atom. The molecule has 2 aromatic carbocycles. The molecule has 2 aromatic rings. The molecule has 0 atom stereocenters. The molecule has 2 rings (SSSR count). The van der Waals surface area contributed by atoms with Crippen LogP contribution in [0.15, 0.2) is 53.5 Å². The Balaban J connectivity index is 1.91. The van der Waals surface area contributed by atoms with E-state index in [1.807, 2.05) is 43.3 Å². The zero-order chi connectivity index (χ0) is 15.8. The third-order valence-electron chi connectivity index (χ3n) is 2.94. The number of benzene rings is 2. The molecule has 0 aliphatic rings. The highest BCUT2D eigenvalue weighted by molar-refractivity contribution is 5.82. The Hall–Kier alpha value is -2.62. The van der Waals surface area contributed by atoms with E-state index in [0.29, 0.717) is 12.4 Å². The second-order valence-electron chi connectivity index (χ2n) is 4.76. The number of hydrogen-bond acceptors (Lipinski definition) is 4. The fraction of sp³-hybridized carbons (Fsp3) is 0.222. The van der Waals surface area contributed by atoms with Crippen molar-refractivity contribution >= 4 is 17.9 Å². The number of carbonyl (C=O) groups excluding carboxylic acids is 1. The Morgan fingerprint density at radius 3 is 2.41 bits per heavy atom. The predicted molar refractivity (Wildman–Crippen MR) is 87.0 cm³/mol. The lowest BCUT2D eigenvalue weighted by Crippen LogP contribution is -2.14. The third kappa shape index (κ3) is 5.05. The Morgan fingerprint density at radius 1 is 1.09 bits per heavy atom. The number of carbonyl (C=O) groups is 1. The SMILES string of the molecule is CCOC(=O)COc1ccc(C=Nc2ccc(C)cc2)cc1. The zero-order valence-electron chi connectivity index (χ0n) is 12.8. The minimum absolute atomic E-state index is 0.0787. The van der Waals surface area contributed by atoms with Gasteiger partial charge in [-0.25, -0.2) is 4.79 Å². The molecule has 0 bridgehead atoms. The summed E-state index contributed by atoms with van der Waals surface area (Å²) in [5.41, 5.74) is 3.08. The van der Waals surface area contributed by atoms with Crippen molar-refractivity contribution in [1.82, 2.24) is 0 Å². The molecule has 0 aliphatic heterocycles. The molecule has 22 heavy (non-hydrogen) atoms. The molecule has 0 N–H and O–H groups in total. The summed E-state index contributed by atoms with van der Waals surface area (Å²) in [6.07, 6.45) is 1.79. The summed E-state index contributed by atoms with van der Waals surface area (Å²) < 4.78 is 10.1. The van der Waals surface area contributed by atoms with E-state index < -0.39 is 0 Å². The molecule has 0 aromatic heterocycles. The van der Waals surface area contributed by atoms with Crippen LogP contribution in [0, 0.1) is 6.92 Å². The first-order valence-electron chi connectivity index (χ1n) is 7.16. The smallest absolute Gasteiger partial charge is 0.344 e. The van der Waals surface area contributed by atoms with Crippen LogP contribution in [0.3, 0.4) is 0 Å². The van der Waals surface area contributed by atoms with Gasteiger partial charge in [0, 0.05) is 6.21 Å². The van der Waals surface area contributed by atoms with E-state index >= 15 is 0 Å². The molecule has 0 unspecified atom stereocenters. The van der Waals surface area contributed by atoms with E-state index in [1.54, 1.807) is 25.3 Å². The van der Waals surface area contributed by atoms with Crippen LogP contribution in [0.1, 0.15) is 18.1 Å². The van der Waals surface area contributed by atoms with Crippen molar-refractivity contribution in [1.29, 1.82) is 0 Å². The predicted octanol–water partition coefficient (Wildman–Crippen LogP) is 3.69. The maximum atomic E-state index is 11.2. The topological polar surface area (TPSA) is 47.9 Å². The molecular weight excluding hydrogens is 278 g/mol. The van der Waals surface area contributed by atoms with Crippen LogP contribution in [0.4, 0.5) is 5.69 Å². The normalized spacial score (nSPS) is 10.6. The minimum Gasteiger partial charge on any atom is -0.482 e. The highest BCUT2D eigenvalue weighted by Crippen LogP contribution is 2.14. The highest BCUT2D eigenvalue weighted by Gasteiger charge is 2.02. The van der Waals surface area contributed by atoms with Gasteiger partial charge in [0.15, 0.2) is 6.61 Å². The van der Waals surface area contributed by atoms with Crippen molar-refractivity contribution in [3.8, 4) is 5.75 Å². The van der Waals surface area contributed by atoms with E-state index in [2.05, 4.69) is 4.99 Å². The average Bonchev–Trinajstić information content (AvgIpc) is 2.54. The maximum Gasteiger partial charge on any atom is 0.344 e. The summed E-state index contributed by atoms with van der Waals surface area (Å²) in [6, 6.07) is 15.4. The molecule has 0 saturated carbocycles. The average molecular weight is 297 g/mol. The molecular formula is C18H19NO3. The Labute approximate surface area is 130 Å². The van der Waals surface area contributed by atoms with Crippen LogP contribution in [0.2, 0.25) is 0 Å². The standard InChI is InChI=1S/C18H19NO3/c1-3-21-18(20)13-22-17-10-6-15(7-11-17)12-19-16-8-4-14(2)5-9-16/h4-12H,3,13H2,1-2H3. The number of nitrogens with zero attached hydrogens (tertiary/aromatic N) is 1. The van der Waals surface area contributed by atoms with Gasteiger partial charge in [-0.05, 0) is 55.8 Å². The Kier molecular flexibility index (Phi) is 5.72. The molecule has 0 saturated heterocycles. The lowest BCUT2D eigenvalue weighted by Gasteiger charge is -2.05. The largest absolute Gasteiger partial charge is 0.482 e. The summed E-state index contributed by atoms with van der Waals surface area (Å²) in [5.74, 6) is 0.257.